The van der Waals surface area contributed by atoms with Crippen LogP contribution in [0.2, 0.25) is 5.02 Å². The van der Waals surface area contributed by atoms with Gasteiger partial charge in [0.1, 0.15) is 11.6 Å². The van der Waals surface area contributed by atoms with Crippen molar-refractivity contribution in [1.82, 2.24) is 14.9 Å². The second kappa shape index (κ2) is 7.95. The third kappa shape index (κ3) is 3.92. The van der Waals surface area contributed by atoms with Crippen molar-refractivity contribution in [3.63, 3.8) is 0 Å². The molecule has 6 nitrogen and oxygen atoms in total. The molecular formula is C21H26ClN5O. The SMILES string of the molecule is Cc1nc2c(c(N3CCCCC3)n1)CN(C(=O)Nc1ccc(C)c(Cl)c1)CC2. The van der Waals surface area contributed by atoms with Gasteiger partial charge in [0, 0.05) is 42.3 Å². The molecule has 0 saturated carbocycles. The van der Waals surface area contributed by atoms with Gasteiger partial charge in [-0.1, -0.05) is 17.7 Å². The lowest BCUT2D eigenvalue weighted by molar-refractivity contribution is 0.206. The maximum absolute atomic E-state index is 12.8. The van der Waals surface area contributed by atoms with Crippen LogP contribution in [0.4, 0.5) is 16.3 Å². The van der Waals surface area contributed by atoms with Crippen LogP contribution in [0.1, 0.15) is 41.9 Å². The number of carbonyl (C=O) groups excluding carboxylic acids is 1. The minimum Gasteiger partial charge on any atom is -0.356 e. The lowest BCUT2D eigenvalue weighted by Gasteiger charge is -2.34. The van der Waals surface area contributed by atoms with E-state index >= 15 is 0 Å². The number of halogens is 1. The molecule has 2 aromatic rings. The van der Waals surface area contributed by atoms with Crippen LogP contribution in [0.15, 0.2) is 18.2 Å². The number of aryl methyl sites for hydroxylation is 2. The Morgan fingerprint density at radius 1 is 1.11 bits per heavy atom. The van der Waals surface area contributed by atoms with Crippen LogP contribution in [-0.4, -0.2) is 40.5 Å². The molecule has 7 heteroatoms. The van der Waals surface area contributed by atoms with Crippen molar-refractivity contribution in [3.05, 3.63) is 45.9 Å². The van der Waals surface area contributed by atoms with E-state index in [9.17, 15) is 4.79 Å². The summed E-state index contributed by atoms with van der Waals surface area (Å²) >= 11 is 6.18. The van der Waals surface area contributed by atoms with Crippen LogP contribution in [0.5, 0.6) is 0 Å². The largest absolute Gasteiger partial charge is 0.356 e. The summed E-state index contributed by atoms with van der Waals surface area (Å²) in [6, 6.07) is 5.46. The molecule has 148 valence electrons. The van der Waals surface area contributed by atoms with Gasteiger partial charge in [-0.05, 0) is 50.8 Å². The summed E-state index contributed by atoms with van der Waals surface area (Å²) in [5.41, 5.74) is 3.87. The summed E-state index contributed by atoms with van der Waals surface area (Å²) in [7, 11) is 0. The Bertz CT molecular complexity index is 895. The fourth-order valence-electron chi connectivity index (χ4n) is 3.93. The summed E-state index contributed by atoms with van der Waals surface area (Å²) < 4.78 is 0. The highest BCUT2D eigenvalue weighted by Crippen LogP contribution is 2.29. The molecule has 2 aliphatic heterocycles. The molecule has 3 heterocycles. The van der Waals surface area contributed by atoms with Gasteiger partial charge in [-0.2, -0.15) is 0 Å². The van der Waals surface area contributed by atoms with E-state index in [-0.39, 0.29) is 6.03 Å². The number of hydrogen-bond donors (Lipinski definition) is 1. The molecule has 1 fully saturated rings. The fraction of sp³-hybridized carbons (Fsp3) is 0.476. The number of benzene rings is 1. The lowest BCUT2D eigenvalue weighted by Crippen LogP contribution is -2.41. The van der Waals surface area contributed by atoms with E-state index in [4.69, 9.17) is 16.6 Å². The van der Waals surface area contributed by atoms with Gasteiger partial charge in [0.25, 0.3) is 0 Å². The van der Waals surface area contributed by atoms with Gasteiger partial charge < -0.3 is 15.1 Å². The number of anilines is 2. The maximum Gasteiger partial charge on any atom is 0.322 e. The van der Waals surface area contributed by atoms with Gasteiger partial charge in [0.2, 0.25) is 0 Å². The molecule has 0 bridgehead atoms. The second-order valence-electron chi connectivity index (χ2n) is 7.63. The Labute approximate surface area is 170 Å². The van der Waals surface area contributed by atoms with Gasteiger partial charge >= 0.3 is 6.03 Å². The van der Waals surface area contributed by atoms with Crippen molar-refractivity contribution in [2.45, 2.75) is 46.1 Å². The van der Waals surface area contributed by atoms with Crippen LogP contribution in [0.25, 0.3) is 0 Å². The van der Waals surface area contributed by atoms with Crippen molar-refractivity contribution >= 4 is 29.1 Å². The highest BCUT2D eigenvalue weighted by atomic mass is 35.5. The van der Waals surface area contributed by atoms with Crippen molar-refractivity contribution < 1.29 is 4.79 Å². The quantitative estimate of drug-likeness (QED) is 0.816. The topological polar surface area (TPSA) is 61.4 Å². The number of piperidine rings is 1. The molecule has 0 unspecified atom stereocenters. The number of carbonyl (C=O) groups is 1. The first kappa shape index (κ1) is 19.0. The molecule has 2 amide bonds. The molecule has 0 aliphatic carbocycles. The Morgan fingerprint density at radius 2 is 1.89 bits per heavy atom. The van der Waals surface area contributed by atoms with Crippen molar-refractivity contribution in [3.8, 4) is 0 Å². The molecule has 0 radical (unpaired) electrons. The monoisotopic (exact) mass is 399 g/mol. The third-order valence-electron chi connectivity index (χ3n) is 5.52. The van der Waals surface area contributed by atoms with Crippen LogP contribution in [0.3, 0.4) is 0 Å². The summed E-state index contributed by atoms with van der Waals surface area (Å²) in [5.74, 6) is 1.82. The predicted molar refractivity (Wildman–Crippen MR) is 112 cm³/mol. The molecule has 0 atom stereocenters. The summed E-state index contributed by atoms with van der Waals surface area (Å²) in [6.07, 6.45) is 4.41. The summed E-state index contributed by atoms with van der Waals surface area (Å²) in [6.45, 7) is 7.13. The van der Waals surface area contributed by atoms with Gasteiger partial charge in [-0.15, -0.1) is 0 Å². The molecule has 1 aromatic carbocycles. The molecule has 1 N–H and O–H groups in total. The number of amides is 2. The Balaban J connectivity index is 1.54. The summed E-state index contributed by atoms with van der Waals surface area (Å²) in [5, 5.41) is 3.62. The number of nitrogens with zero attached hydrogens (tertiary/aromatic N) is 4. The smallest absolute Gasteiger partial charge is 0.322 e. The molecule has 28 heavy (non-hydrogen) atoms. The van der Waals surface area contributed by atoms with E-state index < -0.39 is 0 Å². The first-order chi connectivity index (χ1) is 13.5. The number of nitrogens with one attached hydrogen (secondary N) is 1. The number of aromatic nitrogens is 2. The third-order valence-corrected chi connectivity index (χ3v) is 5.92. The first-order valence-corrected chi connectivity index (χ1v) is 10.3. The predicted octanol–water partition coefficient (Wildman–Crippen LogP) is 4.33. The Kier molecular flexibility index (Phi) is 5.40. The van der Waals surface area contributed by atoms with Crippen molar-refractivity contribution in [2.24, 2.45) is 0 Å². The number of urea groups is 1. The molecule has 2 aliphatic rings. The van der Waals surface area contributed by atoms with E-state index in [1.54, 1.807) is 6.07 Å². The second-order valence-corrected chi connectivity index (χ2v) is 8.04. The van der Waals surface area contributed by atoms with E-state index in [0.717, 1.165) is 48.0 Å². The maximum atomic E-state index is 12.8. The highest BCUT2D eigenvalue weighted by molar-refractivity contribution is 6.31. The van der Waals surface area contributed by atoms with Crippen LogP contribution < -0.4 is 10.2 Å². The minimum atomic E-state index is -0.115. The molecule has 1 saturated heterocycles. The highest BCUT2D eigenvalue weighted by Gasteiger charge is 2.27. The van der Waals surface area contributed by atoms with Crippen LogP contribution in [0, 0.1) is 13.8 Å². The average Bonchev–Trinajstić information content (AvgIpc) is 2.70. The average molecular weight is 400 g/mol. The van der Waals surface area contributed by atoms with E-state index in [1.165, 1.54) is 19.3 Å². The summed E-state index contributed by atoms with van der Waals surface area (Å²) in [4.78, 5) is 26.4. The molecule has 4 rings (SSSR count). The number of fused-ring (bicyclic) bond motifs is 1. The van der Waals surface area contributed by atoms with Gasteiger partial charge in [-0.3, -0.25) is 0 Å². The molecule has 1 aromatic heterocycles. The van der Waals surface area contributed by atoms with Gasteiger partial charge in [0.05, 0.1) is 12.2 Å². The van der Waals surface area contributed by atoms with E-state index in [0.29, 0.717) is 23.8 Å². The molecule has 0 spiro atoms. The zero-order valence-electron chi connectivity index (χ0n) is 16.5. The first-order valence-electron chi connectivity index (χ1n) is 9.94. The zero-order valence-corrected chi connectivity index (χ0v) is 17.2. The normalized spacial score (nSPS) is 16.7. The number of hydrogen-bond acceptors (Lipinski definition) is 4. The number of rotatable bonds is 2. The van der Waals surface area contributed by atoms with Gasteiger partial charge in [0.15, 0.2) is 0 Å². The molecular weight excluding hydrogens is 374 g/mol. The van der Waals surface area contributed by atoms with E-state index in [1.807, 2.05) is 30.9 Å². The van der Waals surface area contributed by atoms with Crippen molar-refractivity contribution in [1.29, 1.82) is 0 Å². The Hall–Kier alpha value is -2.34. The minimum absolute atomic E-state index is 0.115. The van der Waals surface area contributed by atoms with Crippen LogP contribution in [-0.2, 0) is 13.0 Å². The van der Waals surface area contributed by atoms with Crippen molar-refractivity contribution in [2.75, 3.05) is 29.9 Å². The van der Waals surface area contributed by atoms with Crippen LogP contribution >= 0.6 is 11.6 Å². The fourth-order valence-corrected chi connectivity index (χ4v) is 4.11. The van der Waals surface area contributed by atoms with E-state index in [2.05, 4.69) is 15.2 Å². The standard InChI is InChI=1S/C21H26ClN5O/c1-14-6-7-16(12-18(14)22)25-21(28)27-11-8-19-17(13-27)20(24-15(2)23-19)26-9-4-3-5-10-26/h6-7,12H,3-5,8-11,13H2,1-2H3,(H,25,28). The zero-order chi connectivity index (χ0) is 19.7. The lowest BCUT2D eigenvalue weighted by atomic mass is 10.0. The Morgan fingerprint density at radius 3 is 2.64 bits per heavy atom. The van der Waals surface area contributed by atoms with Gasteiger partial charge in [-0.25, -0.2) is 14.8 Å².